The monoisotopic (exact) mass is 209 g/mol. The Morgan fingerprint density at radius 1 is 1.40 bits per heavy atom. The van der Waals surface area contributed by atoms with Gasteiger partial charge in [-0.25, -0.2) is 0 Å². The minimum absolute atomic E-state index is 0.0202. The van der Waals surface area contributed by atoms with Crippen molar-refractivity contribution in [3.63, 3.8) is 0 Å². The number of benzene rings is 1. The Balaban J connectivity index is 2.75. The number of carboxylic acids is 1. The lowest BCUT2D eigenvalue weighted by atomic mass is 10.0. The molecule has 0 fully saturated rings. The fourth-order valence-corrected chi connectivity index (χ4v) is 1.33. The second-order valence-corrected chi connectivity index (χ2v) is 3.14. The predicted molar refractivity (Wildman–Crippen MR) is 53.0 cm³/mol. The standard InChI is InChI=1S/C10H11NO4/c12-10(13)7-6-9(11(14)15)8-4-2-1-3-5-8/h1-5,9H,6-7H2,(H,12,13). The number of carboxylic acid groups (broad SMARTS) is 1. The Bertz CT molecular complexity index is 350. The molecule has 0 bridgehead atoms. The van der Waals surface area contributed by atoms with E-state index in [1.165, 1.54) is 0 Å². The first kappa shape index (κ1) is 11.2. The molecule has 1 aromatic rings. The van der Waals surface area contributed by atoms with E-state index in [9.17, 15) is 14.9 Å². The third-order valence-electron chi connectivity index (χ3n) is 2.07. The summed E-state index contributed by atoms with van der Waals surface area (Å²) in [5.74, 6) is -1.02. The van der Waals surface area contributed by atoms with Crippen LogP contribution in [0.25, 0.3) is 0 Å². The van der Waals surface area contributed by atoms with Gasteiger partial charge in [0, 0.05) is 16.9 Å². The summed E-state index contributed by atoms with van der Waals surface area (Å²) in [6, 6.07) is 7.50. The highest BCUT2D eigenvalue weighted by molar-refractivity contribution is 5.66. The van der Waals surface area contributed by atoms with E-state index in [0.717, 1.165) is 0 Å². The molecule has 1 aromatic carbocycles. The summed E-state index contributed by atoms with van der Waals surface area (Å²) in [6.45, 7) is 0. The van der Waals surface area contributed by atoms with Crippen LogP contribution in [0.5, 0.6) is 0 Å². The van der Waals surface area contributed by atoms with Crippen molar-refractivity contribution in [3.05, 3.63) is 46.0 Å². The molecule has 5 nitrogen and oxygen atoms in total. The van der Waals surface area contributed by atoms with E-state index in [1.807, 2.05) is 0 Å². The topological polar surface area (TPSA) is 80.4 Å². The third kappa shape index (κ3) is 3.38. The zero-order chi connectivity index (χ0) is 11.3. The second kappa shape index (κ2) is 5.09. The van der Waals surface area contributed by atoms with Gasteiger partial charge in [0.2, 0.25) is 6.04 Å². The lowest BCUT2D eigenvalue weighted by Crippen LogP contribution is -2.12. The number of nitro groups is 1. The summed E-state index contributed by atoms with van der Waals surface area (Å²) in [5.41, 5.74) is 0.545. The first-order valence-corrected chi connectivity index (χ1v) is 4.51. The largest absolute Gasteiger partial charge is 0.481 e. The second-order valence-electron chi connectivity index (χ2n) is 3.14. The van der Waals surface area contributed by atoms with Crippen LogP contribution in [-0.4, -0.2) is 16.0 Å². The Morgan fingerprint density at radius 3 is 2.47 bits per heavy atom. The van der Waals surface area contributed by atoms with E-state index < -0.39 is 16.9 Å². The number of rotatable bonds is 5. The first-order valence-electron chi connectivity index (χ1n) is 4.51. The quantitative estimate of drug-likeness (QED) is 0.592. The van der Waals surface area contributed by atoms with Crippen LogP contribution in [0.3, 0.4) is 0 Å². The molecule has 0 aliphatic rings. The Kier molecular flexibility index (Phi) is 3.79. The van der Waals surface area contributed by atoms with Crippen molar-refractivity contribution in [2.24, 2.45) is 0 Å². The molecular weight excluding hydrogens is 198 g/mol. The molecule has 1 unspecified atom stereocenters. The molecule has 80 valence electrons. The summed E-state index contributed by atoms with van der Waals surface area (Å²) in [7, 11) is 0. The SMILES string of the molecule is O=C(O)CCC(c1ccccc1)[N+](=O)[O-]. The van der Waals surface area contributed by atoms with Crippen molar-refractivity contribution < 1.29 is 14.8 Å². The molecule has 1 rings (SSSR count). The van der Waals surface area contributed by atoms with Gasteiger partial charge < -0.3 is 5.11 Å². The molecule has 0 aliphatic heterocycles. The van der Waals surface area contributed by atoms with E-state index in [0.29, 0.717) is 5.56 Å². The number of aliphatic carboxylic acids is 1. The fourth-order valence-electron chi connectivity index (χ4n) is 1.33. The van der Waals surface area contributed by atoms with Gasteiger partial charge in [-0.2, -0.15) is 0 Å². The van der Waals surface area contributed by atoms with Crippen LogP contribution in [0.15, 0.2) is 30.3 Å². The van der Waals surface area contributed by atoms with Gasteiger partial charge in [-0.1, -0.05) is 30.3 Å². The van der Waals surface area contributed by atoms with Crippen LogP contribution in [0, 0.1) is 10.1 Å². The van der Waals surface area contributed by atoms with Crippen LogP contribution < -0.4 is 0 Å². The molecule has 0 amide bonds. The van der Waals surface area contributed by atoms with Crippen molar-refractivity contribution in [1.82, 2.24) is 0 Å². The fraction of sp³-hybridized carbons (Fsp3) is 0.300. The number of nitrogens with zero attached hydrogens (tertiary/aromatic N) is 1. The maximum atomic E-state index is 10.7. The minimum atomic E-state index is -1.02. The van der Waals surface area contributed by atoms with E-state index in [2.05, 4.69) is 0 Å². The molecule has 0 spiro atoms. The summed E-state index contributed by atoms with van der Waals surface area (Å²) in [6.07, 6.45) is -0.174. The van der Waals surface area contributed by atoms with Gasteiger partial charge in [0.25, 0.3) is 0 Å². The van der Waals surface area contributed by atoms with E-state index >= 15 is 0 Å². The number of hydrogen-bond acceptors (Lipinski definition) is 3. The van der Waals surface area contributed by atoms with Crippen LogP contribution in [-0.2, 0) is 4.79 Å². The zero-order valence-corrected chi connectivity index (χ0v) is 8.00. The lowest BCUT2D eigenvalue weighted by molar-refractivity contribution is -0.529. The van der Waals surface area contributed by atoms with Crippen molar-refractivity contribution in [1.29, 1.82) is 0 Å². The first-order chi connectivity index (χ1) is 7.11. The maximum Gasteiger partial charge on any atom is 0.303 e. The Hall–Kier alpha value is -1.91. The average molecular weight is 209 g/mol. The Labute approximate surface area is 86.5 Å². The molecular formula is C10H11NO4. The van der Waals surface area contributed by atoms with Crippen molar-refractivity contribution in [2.45, 2.75) is 18.9 Å². The highest BCUT2D eigenvalue weighted by Gasteiger charge is 2.22. The average Bonchev–Trinajstić information content (AvgIpc) is 2.18. The molecule has 5 heteroatoms. The van der Waals surface area contributed by atoms with Gasteiger partial charge in [0.05, 0.1) is 6.42 Å². The van der Waals surface area contributed by atoms with Crippen LogP contribution in [0.2, 0.25) is 0 Å². The Morgan fingerprint density at radius 2 is 2.00 bits per heavy atom. The van der Waals surface area contributed by atoms with E-state index in [1.54, 1.807) is 30.3 Å². The van der Waals surface area contributed by atoms with Crippen LogP contribution >= 0.6 is 0 Å². The third-order valence-corrected chi connectivity index (χ3v) is 2.07. The smallest absolute Gasteiger partial charge is 0.303 e. The van der Waals surface area contributed by atoms with Gasteiger partial charge in [-0.05, 0) is 0 Å². The van der Waals surface area contributed by atoms with Crippen molar-refractivity contribution in [3.8, 4) is 0 Å². The van der Waals surface area contributed by atoms with Gasteiger partial charge in [0.15, 0.2) is 0 Å². The van der Waals surface area contributed by atoms with Gasteiger partial charge >= 0.3 is 5.97 Å². The van der Waals surface area contributed by atoms with E-state index in [4.69, 9.17) is 5.11 Å². The van der Waals surface area contributed by atoms with Gasteiger partial charge in [-0.15, -0.1) is 0 Å². The summed E-state index contributed by atoms with van der Waals surface area (Å²) < 4.78 is 0. The molecule has 0 saturated heterocycles. The molecule has 15 heavy (non-hydrogen) atoms. The summed E-state index contributed by atoms with van der Waals surface area (Å²) >= 11 is 0. The molecule has 0 heterocycles. The number of carbonyl (C=O) groups is 1. The molecule has 0 saturated carbocycles. The normalized spacial score (nSPS) is 12.0. The summed E-state index contributed by atoms with van der Waals surface area (Å²) in [4.78, 5) is 20.6. The highest BCUT2D eigenvalue weighted by Crippen LogP contribution is 2.21. The van der Waals surface area contributed by atoms with Gasteiger partial charge in [-0.3, -0.25) is 14.9 Å². The van der Waals surface area contributed by atoms with Gasteiger partial charge in [0.1, 0.15) is 0 Å². The predicted octanol–water partition coefficient (Wildman–Crippen LogP) is 1.87. The van der Waals surface area contributed by atoms with Crippen LogP contribution in [0.4, 0.5) is 0 Å². The number of hydrogen-bond donors (Lipinski definition) is 1. The molecule has 0 radical (unpaired) electrons. The molecule has 1 atom stereocenters. The minimum Gasteiger partial charge on any atom is -0.481 e. The lowest BCUT2D eigenvalue weighted by Gasteiger charge is -2.07. The highest BCUT2D eigenvalue weighted by atomic mass is 16.6. The van der Waals surface area contributed by atoms with Crippen LogP contribution in [0.1, 0.15) is 24.4 Å². The molecule has 1 N–H and O–H groups in total. The molecule has 0 aromatic heterocycles. The van der Waals surface area contributed by atoms with E-state index in [-0.39, 0.29) is 12.8 Å². The van der Waals surface area contributed by atoms with Crippen molar-refractivity contribution >= 4 is 5.97 Å². The summed E-state index contributed by atoms with van der Waals surface area (Å²) in [5, 5.41) is 19.2. The molecule has 0 aliphatic carbocycles. The zero-order valence-electron chi connectivity index (χ0n) is 8.00. The maximum absolute atomic E-state index is 10.7. The van der Waals surface area contributed by atoms with Crippen molar-refractivity contribution in [2.75, 3.05) is 0 Å².